The van der Waals surface area contributed by atoms with Gasteiger partial charge in [0.2, 0.25) is 5.91 Å². The third-order valence-electron chi connectivity index (χ3n) is 6.00. The predicted octanol–water partition coefficient (Wildman–Crippen LogP) is 3.18. The van der Waals surface area contributed by atoms with Gasteiger partial charge in [-0.2, -0.15) is 5.10 Å². The Bertz CT molecular complexity index is 802. The molecule has 2 saturated heterocycles. The van der Waals surface area contributed by atoms with Crippen molar-refractivity contribution in [3.8, 4) is 0 Å². The minimum atomic E-state index is 0.0217. The van der Waals surface area contributed by atoms with Crippen LogP contribution in [0.5, 0.6) is 0 Å². The van der Waals surface area contributed by atoms with Crippen LogP contribution in [0.25, 0.3) is 0 Å². The fraction of sp³-hybridized carbons (Fsp3) is 0.636. The number of nitrogens with zero attached hydrogens (tertiary/aromatic N) is 5. The molecule has 0 saturated carbocycles. The second-order valence-corrected chi connectivity index (χ2v) is 10.3. The van der Waals surface area contributed by atoms with E-state index in [1.54, 1.807) is 11.3 Å². The Balaban J connectivity index is 1.25. The largest absolute Gasteiger partial charge is 0.334 e. The van der Waals surface area contributed by atoms with E-state index in [4.69, 9.17) is 0 Å². The fourth-order valence-corrected chi connectivity index (χ4v) is 5.17. The summed E-state index contributed by atoms with van der Waals surface area (Å²) in [7, 11) is 0. The van der Waals surface area contributed by atoms with Gasteiger partial charge in [0.25, 0.3) is 0 Å². The van der Waals surface area contributed by atoms with Crippen LogP contribution in [0.15, 0.2) is 29.9 Å². The van der Waals surface area contributed by atoms with Gasteiger partial charge in [-0.25, -0.2) is 0 Å². The highest BCUT2D eigenvalue weighted by Crippen LogP contribution is 2.34. The molecule has 29 heavy (non-hydrogen) atoms. The van der Waals surface area contributed by atoms with Crippen molar-refractivity contribution >= 4 is 17.2 Å². The van der Waals surface area contributed by atoms with Gasteiger partial charge in [-0.1, -0.05) is 6.07 Å². The first-order chi connectivity index (χ1) is 13.9. The molecular weight excluding hydrogens is 382 g/mol. The zero-order valence-electron chi connectivity index (χ0n) is 17.9. The number of carbonyl (C=O) groups excluding carboxylic acids is 1. The maximum atomic E-state index is 13.0. The van der Waals surface area contributed by atoms with Gasteiger partial charge in [-0.3, -0.25) is 19.3 Å². The first-order valence-corrected chi connectivity index (χ1v) is 11.6. The minimum Gasteiger partial charge on any atom is -0.334 e. The molecule has 0 radical (unpaired) electrons. The lowest BCUT2D eigenvalue weighted by atomic mass is 10.1. The monoisotopic (exact) mass is 415 g/mol. The molecular formula is C22H33N5OS. The van der Waals surface area contributed by atoms with E-state index in [1.165, 1.54) is 10.4 Å². The number of amides is 1. The summed E-state index contributed by atoms with van der Waals surface area (Å²) >= 11 is 1.77. The number of aromatic nitrogens is 2. The third kappa shape index (κ3) is 4.90. The molecule has 6 nitrogen and oxygen atoms in total. The van der Waals surface area contributed by atoms with Crippen LogP contribution in [0.3, 0.4) is 0 Å². The van der Waals surface area contributed by atoms with Crippen molar-refractivity contribution in [2.75, 3.05) is 39.3 Å². The van der Waals surface area contributed by atoms with Crippen molar-refractivity contribution in [2.24, 2.45) is 0 Å². The summed E-state index contributed by atoms with van der Waals surface area (Å²) in [6.45, 7) is 12.8. The number of carbonyl (C=O) groups is 1. The van der Waals surface area contributed by atoms with E-state index in [2.05, 4.69) is 64.3 Å². The van der Waals surface area contributed by atoms with Crippen LogP contribution >= 0.6 is 11.3 Å². The normalized spacial score (nSPS) is 21.8. The molecule has 1 unspecified atom stereocenters. The smallest absolute Gasteiger partial charge is 0.237 e. The molecule has 4 rings (SSSR count). The number of thiophene rings is 1. The number of hydrogen-bond acceptors (Lipinski definition) is 5. The van der Waals surface area contributed by atoms with E-state index >= 15 is 0 Å². The average molecular weight is 416 g/mol. The van der Waals surface area contributed by atoms with Crippen LogP contribution in [0, 0.1) is 0 Å². The SMILES string of the molecule is CC(C)(C)n1cc(CN2CCN(CC(=O)N3CCCC3c3cccs3)CC2)cn1. The van der Waals surface area contributed by atoms with Gasteiger partial charge in [0.1, 0.15) is 0 Å². The molecule has 2 aliphatic rings. The summed E-state index contributed by atoms with van der Waals surface area (Å²) < 4.78 is 2.04. The summed E-state index contributed by atoms with van der Waals surface area (Å²) in [6.07, 6.45) is 6.36. The Morgan fingerprint density at radius 1 is 1.17 bits per heavy atom. The Labute approximate surface area is 178 Å². The van der Waals surface area contributed by atoms with Crippen molar-refractivity contribution < 1.29 is 4.79 Å². The van der Waals surface area contributed by atoms with Gasteiger partial charge >= 0.3 is 0 Å². The molecule has 158 valence electrons. The summed E-state index contributed by atoms with van der Waals surface area (Å²) in [5.41, 5.74) is 1.29. The lowest BCUT2D eigenvalue weighted by Gasteiger charge is -2.35. The van der Waals surface area contributed by atoms with Crippen molar-refractivity contribution in [1.82, 2.24) is 24.5 Å². The third-order valence-corrected chi connectivity index (χ3v) is 6.97. The lowest BCUT2D eigenvalue weighted by Crippen LogP contribution is -2.49. The van der Waals surface area contributed by atoms with Gasteiger partial charge in [-0.05, 0) is 45.1 Å². The molecule has 1 amide bonds. The summed E-state index contributed by atoms with van der Waals surface area (Å²) in [4.78, 5) is 21.2. The minimum absolute atomic E-state index is 0.0217. The van der Waals surface area contributed by atoms with Crippen molar-refractivity contribution in [2.45, 2.75) is 51.7 Å². The number of hydrogen-bond donors (Lipinski definition) is 0. The summed E-state index contributed by atoms with van der Waals surface area (Å²) in [5.74, 6) is 0.292. The topological polar surface area (TPSA) is 44.6 Å². The average Bonchev–Trinajstić information content (AvgIpc) is 3.43. The highest BCUT2D eigenvalue weighted by Gasteiger charge is 2.31. The Hall–Kier alpha value is -1.70. The van der Waals surface area contributed by atoms with Crippen molar-refractivity contribution in [3.05, 3.63) is 40.3 Å². The Morgan fingerprint density at radius 3 is 2.59 bits per heavy atom. The van der Waals surface area contributed by atoms with Crippen molar-refractivity contribution in [3.63, 3.8) is 0 Å². The van der Waals surface area contributed by atoms with Crippen LogP contribution < -0.4 is 0 Å². The van der Waals surface area contributed by atoms with Gasteiger partial charge < -0.3 is 4.90 Å². The Kier molecular flexibility index (Phi) is 6.08. The molecule has 2 aliphatic heterocycles. The molecule has 0 bridgehead atoms. The number of piperazine rings is 1. The van der Waals surface area contributed by atoms with E-state index in [0.29, 0.717) is 18.5 Å². The van der Waals surface area contributed by atoms with E-state index in [0.717, 1.165) is 52.1 Å². The van der Waals surface area contributed by atoms with Crippen LogP contribution in [-0.2, 0) is 16.9 Å². The molecule has 0 aromatic carbocycles. The molecule has 2 fully saturated rings. The first kappa shape index (κ1) is 20.6. The lowest BCUT2D eigenvalue weighted by molar-refractivity contribution is -0.133. The van der Waals surface area contributed by atoms with E-state index in [1.807, 2.05) is 10.9 Å². The van der Waals surface area contributed by atoms with E-state index in [9.17, 15) is 4.79 Å². The van der Waals surface area contributed by atoms with Crippen LogP contribution in [0.2, 0.25) is 0 Å². The quantitative estimate of drug-likeness (QED) is 0.752. The molecule has 1 atom stereocenters. The van der Waals surface area contributed by atoms with Gasteiger partial charge in [0, 0.05) is 55.9 Å². The second kappa shape index (κ2) is 8.58. The number of likely N-dealkylation sites (tertiary alicyclic amines) is 1. The molecule has 4 heterocycles. The maximum Gasteiger partial charge on any atom is 0.237 e. The fourth-order valence-electron chi connectivity index (χ4n) is 4.30. The van der Waals surface area contributed by atoms with E-state index in [-0.39, 0.29) is 5.54 Å². The maximum absolute atomic E-state index is 13.0. The number of rotatable bonds is 5. The highest BCUT2D eigenvalue weighted by molar-refractivity contribution is 7.10. The zero-order valence-corrected chi connectivity index (χ0v) is 18.7. The molecule has 2 aromatic rings. The Morgan fingerprint density at radius 2 is 1.93 bits per heavy atom. The standard InChI is InChI=1S/C22H33N5OS/c1-22(2,3)27-16-18(14-23-27)15-24-9-11-25(12-10-24)17-21(28)26-8-4-6-19(26)20-7-5-13-29-20/h5,7,13-14,16,19H,4,6,8-12,15,17H2,1-3H3. The first-order valence-electron chi connectivity index (χ1n) is 10.7. The van der Waals surface area contributed by atoms with Crippen LogP contribution in [-0.4, -0.2) is 69.7 Å². The summed E-state index contributed by atoms with van der Waals surface area (Å²) in [6, 6.07) is 4.55. The molecule has 7 heteroatoms. The highest BCUT2D eigenvalue weighted by atomic mass is 32.1. The van der Waals surface area contributed by atoms with Gasteiger partial charge in [0.15, 0.2) is 0 Å². The molecule has 0 N–H and O–H groups in total. The zero-order chi connectivity index (χ0) is 20.4. The summed E-state index contributed by atoms with van der Waals surface area (Å²) in [5, 5.41) is 6.62. The van der Waals surface area contributed by atoms with Crippen molar-refractivity contribution in [1.29, 1.82) is 0 Å². The molecule has 2 aromatic heterocycles. The van der Waals surface area contributed by atoms with Gasteiger partial charge in [0.05, 0.1) is 24.3 Å². The predicted molar refractivity (Wildman–Crippen MR) is 117 cm³/mol. The van der Waals surface area contributed by atoms with Gasteiger partial charge in [-0.15, -0.1) is 11.3 Å². The second-order valence-electron chi connectivity index (χ2n) is 9.28. The van der Waals surface area contributed by atoms with E-state index < -0.39 is 0 Å². The van der Waals surface area contributed by atoms with Crippen LogP contribution in [0.4, 0.5) is 0 Å². The molecule has 0 spiro atoms. The molecule has 0 aliphatic carbocycles. The van der Waals surface area contributed by atoms with Crippen LogP contribution in [0.1, 0.15) is 50.1 Å².